The number of carbonyl (C=O) groups is 1. The molecule has 26 heavy (non-hydrogen) atoms. The van der Waals surface area contributed by atoms with Crippen LogP contribution in [0.25, 0.3) is 0 Å². The summed E-state index contributed by atoms with van der Waals surface area (Å²) in [6, 6.07) is 13.9. The molecule has 7 nitrogen and oxygen atoms in total. The Balaban J connectivity index is 1.94. The van der Waals surface area contributed by atoms with Crippen molar-refractivity contribution in [3.05, 3.63) is 53.6 Å². The fourth-order valence-corrected chi connectivity index (χ4v) is 2.07. The maximum atomic E-state index is 12.1. The van der Waals surface area contributed by atoms with Gasteiger partial charge >= 0.3 is 0 Å². The van der Waals surface area contributed by atoms with Crippen LogP contribution in [0.15, 0.2) is 47.6 Å². The zero-order valence-electron chi connectivity index (χ0n) is 14.7. The highest BCUT2D eigenvalue weighted by Gasteiger charge is 2.14. The molecule has 2 aromatic rings. The topological polar surface area (TPSA) is 92.9 Å². The van der Waals surface area contributed by atoms with Gasteiger partial charge in [0.15, 0.2) is 11.5 Å². The SMILES string of the molecule is COc1ccc(/C=N\O[C@@H](C)C(=O)Nc2cccc(C#N)c2)cc1OC. The van der Waals surface area contributed by atoms with E-state index in [1.807, 2.05) is 6.07 Å². The van der Waals surface area contributed by atoms with Gasteiger partial charge in [0.2, 0.25) is 6.10 Å². The smallest absolute Gasteiger partial charge is 0.267 e. The van der Waals surface area contributed by atoms with Crippen LogP contribution in [0, 0.1) is 11.3 Å². The predicted octanol–water partition coefficient (Wildman–Crippen LogP) is 2.95. The monoisotopic (exact) mass is 353 g/mol. The highest BCUT2D eigenvalue weighted by Crippen LogP contribution is 2.26. The quantitative estimate of drug-likeness (QED) is 0.610. The van der Waals surface area contributed by atoms with Gasteiger partial charge in [-0.05, 0) is 43.3 Å². The lowest BCUT2D eigenvalue weighted by atomic mass is 10.2. The van der Waals surface area contributed by atoms with Gasteiger partial charge in [-0.2, -0.15) is 5.26 Å². The Morgan fingerprint density at radius 2 is 1.96 bits per heavy atom. The Labute approximate surface area is 151 Å². The zero-order valence-corrected chi connectivity index (χ0v) is 14.7. The summed E-state index contributed by atoms with van der Waals surface area (Å²) in [6.45, 7) is 1.58. The highest BCUT2D eigenvalue weighted by molar-refractivity contribution is 5.94. The van der Waals surface area contributed by atoms with Gasteiger partial charge < -0.3 is 19.6 Å². The Morgan fingerprint density at radius 1 is 1.19 bits per heavy atom. The van der Waals surface area contributed by atoms with E-state index in [0.717, 1.165) is 5.56 Å². The van der Waals surface area contributed by atoms with Crippen LogP contribution in [0.1, 0.15) is 18.1 Å². The summed E-state index contributed by atoms with van der Waals surface area (Å²) in [5, 5.41) is 15.4. The van der Waals surface area contributed by atoms with Crippen LogP contribution in [-0.4, -0.2) is 32.4 Å². The second-order valence-electron chi connectivity index (χ2n) is 5.28. The summed E-state index contributed by atoms with van der Waals surface area (Å²) in [6.07, 6.45) is 0.666. The maximum Gasteiger partial charge on any atom is 0.267 e. The molecule has 0 heterocycles. The summed E-state index contributed by atoms with van der Waals surface area (Å²) >= 11 is 0. The molecule has 0 aliphatic heterocycles. The number of carbonyl (C=O) groups excluding carboxylic acids is 1. The van der Waals surface area contributed by atoms with Crippen LogP contribution >= 0.6 is 0 Å². The molecule has 0 fully saturated rings. The fourth-order valence-electron chi connectivity index (χ4n) is 2.07. The molecule has 7 heteroatoms. The molecule has 1 atom stereocenters. The summed E-state index contributed by atoms with van der Waals surface area (Å²) in [5.74, 6) is 0.807. The summed E-state index contributed by atoms with van der Waals surface area (Å²) < 4.78 is 10.4. The zero-order chi connectivity index (χ0) is 18.9. The van der Waals surface area contributed by atoms with Gasteiger partial charge in [-0.25, -0.2) is 0 Å². The predicted molar refractivity (Wildman–Crippen MR) is 97.5 cm³/mol. The molecule has 2 rings (SSSR count). The Hall–Kier alpha value is -3.53. The number of methoxy groups -OCH3 is 2. The van der Waals surface area contributed by atoms with Crippen molar-refractivity contribution in [2.75, 3.05) is 19.5 Å². The third-order valence-corrected chi connectivity index (χ3v) is 3.46. The average molecular weight is 353 g/mol. The lowest BCUT2D eigenvalue weighted by Crippen LogP contribution is -2.26. The summed E-state index contributed by atoms with van der Waals surface area (Å²) in [4.78, 5) is 17.3. The molecule has 0 spiro atoms. The molecular weight excluding hydrogens is 334 g/mol. The van der Waals surface area contributed by atoms with Gasteiger partial charge in [0, 0.05) is 11.3 Å². The number of benzene rings is 2. The van der Waals surface area contributed by atoms with Crippen LogP contribution in [0.3, 0.4) is 0 Å². The van der Waals surface area contributed by atoms with Crippen LogP contribution in [0.4, 0.5) is 5.69 Å². The Kier molecular flexibility index (Phi) is 6.57. The van der Waals surface area contributed by atoms with E-state index in [1.165, 1.54) is 6.21 Å². The lowest BCUT2D eigenvalue weighted by Gasteiger charge is -2.11. The third kappa shape index (κ3) is 4.98. The maximum absolute atomic E-state index is 12.1. The molecule has 134 valence electrons. The van der Waals surface area contributed by atoms with Crippen molar-refractivity contribution in [1.82, 2.24) is 0 Å². The van der Waals surface area contributed by atoms with Crippen LogP contribution in [0.5, 0.6) is 11.5 Å². The van der Waals surface area contributed by atoms with Crippen LogP contribution in [-0.2, 0) is 9.63 Å². The highest BCUT2D eigenvalue weighted by atomic mass is 16.6. The second kappa shape index (κ2) is 9.08. The number of oxime groups is 1. The van der Waals surface area contributed by atoms with E-state index >= 15 is 0 Å². The number of nitriles is 1. The number of anilines is 1. The first-order valence-electron chi connectivity index (χ1n) is 7.79. The third-order valence-electron chi connectivity index (χ3n) is 3.46. The van der Waals surface area contributed by atoms with E-state index in [4.69, 9.17) is 19.6 Å². The van der Waals surface area contributed by atoms with E-state index in [0.29, 0.717) is 22.7 Å². The van der Waals surface area contributed by atoms with Gasteiger partial charge in [-0.3, -0.25) is 4.79 Å². The minimum absolute atomic E-state index is 0.371. The number of nitrogens with one attached hydrogen (secondary N) is 1. The van der Waals surface area contributed by atoms with E-state index in [-0.39, 0.29) is 5.91 Å². The van der Waals surface area contributed by atoms with Crippen molar-refractivity contribution in [2.24, 2.45) is 5.16 Å². The largest absolute Gasteiger partial charge is 0.493 e. The number of ether oxygens (including phenoxy) is 2. The number of rotatable bonds is 7. The second-order valence-corrected chi connectivity index (χ2v) is 5.28. The first-order chi connectivity index (χ1) is 12.6. The molecule has 1 amide bonds. The van der Waals surface area contributed by atoms with Crippen molar-refractivity contribution >= 4 is 17.8 Å². The van der Waals surface area contributed by atoms with Crippen molar-refractivity contribution in [1.29, 1.82) is 5.26 Å². The first-order valence-corrected chi connectivity index (χ1v) is 7.79. The molecule has 0 unspecified atom stereocenters. The van der Waals surface area contributed by atoms with Gasteiger partial charge in [0.1, 0.15) is 0 Å². The lowest BCUT2D eigenvalue weighted by molar-refractivity contribution is -0.126. The van der Waals surface area contributed by atoms with Crippen molar-refractivity contribution in [3.63, 3.8) is 0 Å². The van der Waals surface area contributed by atoms with E-state index < -0.39 is 6.10 Å². The number of hydrogen-bond acceptors (Lipinski definition) is 6. The van der Waals surface area contributed by atoms with E-state index in [1.54, 1.807) is 63.6 Å². The molecule has 0 aromatic heterocycles. The Bertz CT molecular complexity index is 843. The van der Waals surface area contributed by atoms with Crippen molar-refractivity contribution in [3.8, 4) is 17.6 Å². The number of nitrogens with zero attached hydrogens (tertiary/aromatic N) is 2. The molecule has 0 aliphatic carbocycles. The summed E-state index contributed by atoms with van der Waals surface area (Å²) in [5.41, 5.74) is 1.72. The normalized spacial score (nSPS) is 11.5. The standard InChI is InChI=1S/C19H19N3O4/c1-13(19(23)22-16-6-4-5-14(9-16)11-20)26-21-12-15-7-8-17(24-2)18(10-15)25-3/h4-10,12-13H,1-3H3,(H,22,23)/b21-12-/t13-/m0/s1. The van der Waals surface area contributed by atoms with Crippen LogP contribution < -0.4 is 14.8 Å². The molecule has 0 saturated heterocycles. The van der Waals surface area contributed by atoms with Gasteiger partial charge in [-0.1, -0.05) is 11.2 Å². The molecule has 2 aromatic carbocycles. The minimum Gasteiger partial charge on any atom is -0.493 e. The van der Waals surface area contributed by atoms with Gasteiger partial charge in [0.25, 0.3) is 5.91 Å². The van der Waals surface area contributed by atoms with Crippen LogP contribution in [0.2, 0.25) is 0 Å². The van der Waals surface area contributed by atoms with E-state index in [9.17, 15) is 4.79 Å². The van der Waals surface area contributed by atoms with Gasteiger partial charge in [0.05, 0.1) is 32.1 Å². The molecule has 0 bridgehead atoms. The fraction of sp³-hybridized carbons (Fsp3) is 0.211. The number of hydrogen-bond donors (Lipinski definition) is 1. The minimum atomic E-state index is -0.808. The molecule has 0 radical (unpaired) electrons. The average Bonchev–Trinajstić information content (AvgIpc) is 2.67. The molecule has 0 aliphatic rings. The first kappa shape index (κ1) is 18.8. The van der Waals surface area contributed by atoms with Gasteiger partial charge in [-0.15, -0.1) is 0 Å². The summed E-state index contributed by atoms with van der Waals surface area (Å²) in [7, 11) is 3.10. The number of amides is 1. The molecule has 0 saturated carbocycles. The van der Waals surface area contributed by atoms with Crippen molar-refractivity contribution < 1.29 is 19.1 Å². The molecule has 1 N–H and O–H groups in total. The Morgan fingerprint density at radius 3 is 2.65 bits per heavy atom. The van der Waals surface area contributed by atoms with Crippen molar-refractivity contribution in [2.45, 2.75) is 13.0 Å². The van der Waals surface area contributed by atoms with E-state index in [2.05, 4.69) is 10.5 Å². The molecular formula is C19H19N3O4.